The van der Waals surface area contributed by atoms with Crippen LogP contribution in [-0.2, 0) is 31.0 Å². The average Bonchev–Trinajstić information content (AvgIpc) is 3.46. The summed E-state index contributed by atoms with van der Waals surface area (Å²) in [5.41, 5.74) is 4.02. The summed E-state index contributed by atoms with van der Waals surface area (Å²) < 4.78 is 19.3. The SMILES string of the molecule is CC(C)(C)OC(=O)N1Cc2cn(-c3ccc(OCc4ccccc4)nc3OCc3ccccc3)nc2C1. The molecule has 1 aliphatic rings. The Morgan fingerprint density at radius 3 is 2.14 bits per heavy atom. The molecule has 0 aliphatic carbocycles. The molecule has 0 unspecified atom stereocenters. The molecule has 37 heavy (non-hydrogen) atoms. The van der Waals surface area contributed by atoms with E-state index in [1.54, 1.807) is 9.58 Å². The van der Waals surface area contributed by atoms with Crippen molar-refractivity contribution in [1.82, 2.24) is 19.7 Å². The van der Waals surface area contributed by atoms with E-state index in [9.17, 15) is 4.79 Å². The highest BCUT2D eigenvalue weighted by atomic mass is 16.6. The first-order chi connectivity index (χ1) is 17.8. The number of aromatic nitrogens is 3. The summed E-state index contributed by atoms with van der Waals surface area (Å²) in [5.74, 6) is 0.881. The number of ether oxygens (including phenoxy) is 3. The quantitative estimate of drug-likeness (QED) is 0.326. The third kappa shape index (κ3) is 6.09. The van der Waals surface area contributed by atoms with E-state index < -0.39 is 5.60 Å². The van der Waals surface area contributed by atoms with Gasteiger partial charge in [-0.25, -0.2) is 9.48 Å². The molecular weight excluding hydrogens is 468 g/mol. The Labute approximate surface area is 216 Å². The highest BCUT2D eigenvalue weighted by molar-refractivity contribution is 5.69. The lowest BCUT2D eigenvalue weighted by Gasteiger charge is -2.24. The number of rotatable bonds is 7. The Morgan fingerprint density at radius 1 is 0.865 bits per heavy atom. The van der Waals surface area contributed by atoms with Gasteiger partial charge in [0.15, 0.2) is 0 Å². The Bertz CT molecular complexity index is 1340. The van der Waals surface area contributed by atoms with E-state index in [1.165, 1.54) is 0 Å². The Kier molecular flexibility index (Phi) is 6.81. The number of pyridine rings is 1. The first-order valence-electron chi connectivity index (χ1n) is 12.2. The second-order valence-corrected chi connectivity index (χ2v) is 9.90. The van der Waals surface area contributed by atoms with Crippen LogP contribution >= 0.6 is 0 Å². The normalized spacial score (nSPS) is 12.8. The summed E-state index contributed by atoms with van der Waals surface area (Å²) in [6, 6.07) is 23.6. The van der Waals surface area contributed by atoms with Crippen molar-refractivity contribution in [1.29, 1.82) is 0 Å². The monoisotopic (exact) mass is 498 g/mol. The molecule has 0 spiro atoms. The van der Waals surface area contributed by atoms with Gasteiger partial charge in [-0.3, -0.25) is 4.90 Å². The van der Waals surface area contributed by atoms with Crippen LogP contribution in [0.15, 0.2) is 79.0 Å². The molecule has 4 aromatic rings. The minimum Gasteiger partial charge on any atom is -0.473 e. The molecule has 0 atom stereocenters. The van der Waals surface area contributed by atoms with E-state index in [0.29, 0.717) is 43.8 Å². The third-order valence-corrected chi connectivity index (χ3v) is 5.74. The lowest BCUT2D eigenvalue weighted by atomic mass is 10.2. The van der Waals surface area contributed by atoms with Crippen molar-refractivity contribution in [2.45, 2.75) is 52.7 Å². The van der Waals surface area contributed by atoms with Crippen molar-refractivity contribution in [3.63, 3.8) is 0 Å². The van der Waals surface area contributed by atoms with E-state index in [0.717, 1.165) is 22.4 Å². The fourth-order valence-electron chi connectivity index (χ4n) is 3.97. The van der Waals surface area contributed by atoms with Crippen LogP contribution in [0.3, 0.4) is 0 Å². The van der Waals surface area contributed by atoms with Crippen molar-refractivity contribution in [3.8, 4) is 17.4 Å². The number of benzene rings is 2. The lowest BCUT2D eigenvalue weighted by molar-refractivity contribution is 0.0239. The molecule has 1 aliphatic heterocycles. The second kappa shape index (κ2) is 10.3. The van der Waals surface area contributed by atoms with Crippen molar-refractivity contribution in [2.75, 3.05) is 0 Å². The number of hydrogen-bond acceptors (Lipinski definition) is 6. The Hall–Kier alpha value is -4.33. The zero-order valence-corrected chi connectivity index (χ0v) is 21.3. The van der Waals surface area contributed by atoms with Crippen LogP contribution < -0.4 is 9.47 Å². The van der Waals surface area contributed by atoms with Gasteiger partial charge in [0.25, 0.3) is 0 Å². The molecule has 2 aromatic carbocycles. The maximum absolute atomic E-state index is 12.5. The molecule has 8 nitrogen and oxygen atoms in total. The molecule has 1 amide bonds. The molecule has 0 fully saturated rings. The number of nitrogens with zero attached hydrogens (tertiary/aromatic N) is 4. The molecule has 0 N–H and O–H groups in total. The smallest absolute Gasteiger partial charge is 0.410 e. The van der Waals surface area contributed by atoms with Gasteiger partial charge in [0.2, 0.25) is 11.8 Å². The van der Waals surface area contributed by atoms with E-state index in [1.807, 2.05) is 99.8 Å². The van der Waals surface area contributed by atoms with Gasteiger partial charge in [-0.1, -0.05) is 60.7 Å². The number of hydrogen-bond donors (Lipinski definition) is 0. The van der Waals surface area contributed by atoms with Crippen LogP contribution in [0.5, 0.6) is 11.8 Å². The van der Waals surface area contributed by atoms with Gasteiger partial charge in [-0.05, 0) is 38.0 Å². The Morgan fingerprint density at radius 2 is 1.51 bits per heavy atom. The number of fused-ring (bicyclic) bond motifs is 1. The molecule has 190 valence electrons. The van der Waals surface area contributed by atoms with Gasteiger partial charge in [0.1, 0.15) is 24.5 Å². The fraction of sp³-hybridized carbons (Fsp3) is 0.276. The van der Waals surface area contributed by atoms with Gasteiger partial charge in [0.05, 0.1) is 18.8 Å². The molecule has 0 bridgehead atoms. The molecule has 0 radical (unpaired) electrons. The first-order valence-corrected chi connectivity index (χ1v) is 12.2. The van der Waals surface area contributed by atoms with Gasteiger partial charge < -0.3 is 14.2 Å². The van der Waals surface area contributed by atoms with Crippen LogP contribution in [0.1, 0.15) is 43.2 Å². The minimum absolute atomic E-state index is 0.342. The second-order valence-electron chi connectivity index (χ2n) is 9.90. The van der Waals surface area contributed by atoms with Crippen molar-refractivity contribution >= 4 is 6.09 Å². The topological polar surface area (TPSA) is 78.7 Å². The van der Waals surface area contributed by atoms with Crippen LogP contribution in [-0.4, -0.2) is 31.4 Å². The predicted octanol–water partition coefficient (Wildman–Crippen LogP) is 5.68. The zero-order valence-electron chi connectivity index (χ0n) is 21.3. The molecule has 3 heterocycles. The molecule has 5 rings (SSSR count). The summed E-state index contributed by atoms with van der Waals surface area (Å²) in [6.45, 7) is 7.17. The highest BCUT2D eigenvalue weighted by Crippen LogP contribution is 2.29. The summed E-state index contributed by atoms with van der Waals surface area (Å²) in [5, 5.41) is 4.74. The predicted molar refractivity (Wildman–Crippen MR) is 138 cm³/mol. The molecule has 8 heteroatoms. The van der Waals surface area contributed by atoms with Gasteiger partial charge in [0, 0.05) is 17.8 Å². The number of amides is 1. The van der Waals surface area contributed by atoms with E-state index in [4.69, 9.17) is 19.3 Å². The maximum atomic E-state index is 12.5. The highest BCUT2D eigenvalue weighted by Gasteiger charge is 2.30. The standard InChI is InChI=1S/C29H30N4O4/c1-29(2,3)37-28(34)32-16-23-17-33(31-24(23)18-32)25-14-15-26(35-19-21-10-6-4-7-11-21)30-27(25)36-20-22-12-8-5-9-13-22/h4-15,17H,16,18-20H2,1-3H3. The zero-order chi connectivity index (χ0) is 25.8. The third-order valence-electron chi connectivity index (χ3n) is 5.74. The van der Waals surface area contributed by atoms with Gasteiger partial charge >= 0.3 is 6.09 Å². The minimum atomic E-state index is -0.544. The summed E-state index contributed by atoms with van der Waals surface area (Å²) in [6.07, 6.45) is 1.57. The van der Waals surface area contributed by atoms with Crippen LogP contribution in [0.25, 0.3) is 5.69 Å². The van der Waals surface area contributed by atoms with Crippen molar-refractivity contribution in [2.24, 2.45) is 0 Å². The average molecular weight is 499 g/mol. The molecule has 2 aromatic heterocycles. The van der Waals surface area contributed by atoms with Crippen molar-refractivity contribution in [3.05, 3.63) is 101 Å². The maximum Gasteiger partial charge on any atom is 0.410 e. The first kappa shape index (κ1) is 24.4. The molecule has 0 saturated heterocycles. The summed E-state index contributed by atoms with van der Waals surface area (Å²) in [7, 11) is 0. The molecule has 0 saturated carbocycles. The number of carbonyl (C=O) groups excluding carboxylic acids is 1. The van der Waals surface area contributed by atoms with Gasteiger partial charge in [-0.2, -0.15) is 10.1 Å². The van der Waals surface area contributed by atoms with Crippen molar-refractivity contribution < 1.29 is 19.0 Å². The van der Waals surface area contributed by atoms with Gasteiger partial charge in [-0.15, -0.1) is 0 Å². The Balaban J connectivity index is 1.35. The lowest BCUT2D eigenvalue weighted by Crippen LogP contribution is -2.33. The summed E-state index contributed by atoms with van der Waals surface area (Å²) in [4.78, 5) is 18.8. The fourth-order valence-corrected chi connectivity index (χ4v) is 3.97. The van der Waals surface area contributed by atoms with Crippen LogP contribution in [0, 0.1) is 0 Å². The largest absolute Gasteiger partial charge is 0.473 e. The van der Waals surface area contributed by atoms with Crippen LogP contribution in [0.2, 0.25) is 0 Å². The molecular formula is C29H30N4O4. The van der Waals surface area contributed by atoms with Crippen LogP contribution in [0.4, 0.5) is 4.79 Å². The number of carbonyl (C=O) groups is 1. The van der Waals surface area contributed by atoms with E-state index in [-0.39, 0.29) is 6.09 Å². The summed E-state index contributed by atoms with van der Waals surface area (Å²) >= 11 is 0. The van der Waals surface area contributed by atoms with E-state index >= 15 is 0 Å². The van der Waals surface area contributed by atoms with E-state index in [2.05, 4.69) is 4.98 Å².